The van der Waals surface area contributed by atoms with E-state index in [1.807, 2.05) is 0 Å². The number of ketones is 1. The van der Waals surface area contributed by atoms with E-state index in [0.29, 0.717) is 11.7 Å². The molecule has 2 saturated heterocycles. The first-order chi connectivity index (χ1) is 4.84. The number of nitrogens with zero attached hydrogens (tertiary/aromatic N) is 1. The lowest BCUT2D eigenvalue weighted by molar-refractivity contribution is -0.125. The molecule has 2 fully saturated rings. The van der Waals surface area contributed by atoms with Gasteiger partial charge in [-0.1, -0.05) is 0 Å². The molecule has 0 saturated carbocycles. The molecule has 0 aliphatic carbocycles. The van der Waals surface area contributed by atoms with Crippen LogP contribution in [0, 0.1) is 5.92 Å². The molecule has 0 aromatic heterocycles. The first kappa shape index (κ1) is 6.35. The molecule has 0 N–H and O–H groups in total. The summed E-state index contributed by atoms with van der Waals surface area (Å²) in [4.78, 5) is 13.3. The first-order valence-corrected chi connectivity index (χ1v) is 4.08. The van der Waals surface area contributed by atoms with Gasteiger partial charge < -0.3 is 0 Å². The molecule has 0 spiro atoms. The van der Waals surface area contributed by atoms with Crippen LogP contribution in [-0.2, 0) is 4.79 Å². The summed E-state index contributed by atoms with van der Waals surface area (Å²) in [6.45, 7) is 3.07. The van der Waals surface area contributed by atoms with Crippen molar-refractivity contribution < 1.29 is 4.79 Å². The molecule has 2 atom stereocenters. The number of Topliss-reactive ketones (excluding diaryl/α,β-unsaturated/α-hetero) is 1. The third-order valence-electron chi connectivity index (χ3n) is 2.52. The Labute approximate surface area is 61.2 Å². The summed E-state index contributed by atoms with van der Waals surface area (Å²) in [6, 6.07) is 0. The van der Waals surface area contributed by atoms with Crippen molar-refractivity contribution in [3.8, 4) is 0 Å². The molecule has 1 unspecified atom stereocenters. The monoisotopic (exact) mass is 139 g/mol. The van der Waals surface area contributed by atoms with E-state index < -0.39 is 0 Å². The zero-order chi connectivity index (χ0) is 6.97. The van der Waals surface area contributed by atoms with Gasteiger partial charge in [-0.15, -0.1) is 0 Å². The first-order valence-electron chi connectivity index (χ1n) is 4.08. The molecule has 2 aliphatic heterocycles. The average molecular weight is 139 g/mol. The Morgan fingerprint density at radius 2 is 2.40 bits per heavy atom. The van der Waals surface area contributed by atoms with Gasteiger partial charge in [0.25, 0.3) is 0 Å². The summed E-state index contributed by atoms with van der Waals surface area (Å²) in [5.41, 5.74) is 0. The van der Waals surface area contributed by atoms with Crippen molar-refractivity contribution in [3.63, 3.8) is 0 Å². The van der Waals surface area contributed by atoms with Gasteiger partial charge in [-0.2, -0.15) is 0 Å². The molecule has 0 amide bonds. The molecule has 2 heteroatoms. The number of hydrogen-bond donors (Lipinski definition) is 0. The molecule has 0 radical (unpaired) electrons. The van der Waals surface area contributed by atoms with Gasteiger partial charge in [0.05, 0.1) is 6.54 Å². The summed E-state index contributed by atoms with van der Waals surface area (Å²) >= 11 is 0. The smallest absolute Gasteiger partial charge is 0.147 e. The molecular formula is C8H13NO. The Kier molecular flexibility index (Phi) is 1.49. The van der Waals surface area contributed by atoms with Gasteiger partial charge in [-0.25, -0.2) is 0 Å². The van der Waals surface area contributed by atoms with Gasteiger partial charge in [0.15, 0.2) is 0 Å². The number of fused-ring (bicyclic) bond motifs is 2. The Bertz CT molecular complexity index is 141. The predicted molar refractivity (Wildman–Crippen MR) is 38.8 cm³/mol. The van der Waals surface area contributed by atoms with Crippen molar-refractivity contribution in [2.45, 2.75) is 19.3 Å². The van der Waals surface area contributed by atoms with Gasteiger partial charge in [0.2, 0.25) is 0 Å². The molecule has 2 aliphatic rings. The SMILES string of the molecule is O=C1C[C@H]2CCCN(C1)C2. The van der Waals surface area contributed by atoms with E-state index in [-0.39, 0.29) is 0 Å². The lowest BCUT2D eigenvalue weighted by atomic mass is 9.89. The van der Waals surface area contributed by atoms with Crippen LogP contribution in [-0.4, -0.2) is 30.3 Å². The largest absolute Gasteiger partial charge is 0.298 e. The van der Waals surface area contributed by atoms with E-state index in [9.17, 15) is 4.79 Å². The van der Waals surface area contributed by atoms with E-state index in [2.05, 4.69) is 4.90 Å². The lowest BCUT2D eigenvalue weighted by Crippen LogP contribution is -2.44. The van der Waals surface area contributed by atoms with E-state index in [0.717, 1.165) is 19.5 Å². The van der Waals surface area contributed by atoms with Gasteiger partial charge in [0, 0.05) is 13.0 Å². The molecule has 56 valence electrons. The number of hydrogen-bond acceptors (Lipinski definition) is 2. The maximum Gasteiger partial charge on any atom is 0.147 e. The van der Waals surface area contributed by atoms with E-state index in [1.165, 1.54) is 19.4 Å². The fourth-order valence-electron chi connectivity index (χ4n) is 2.10. The van der Waals surface area contributed by atoms with E-state index >= 15 is 0 Å². The van der Waals surface area contributed by atoms with Crippen LogP contribution in [0.5, 0.6) is 0 Å². The molecule has 2 rings (SSSR count). The second kappa shape index (κ2) is 2.35. The van der Waals surface area contributed by atoms with Crippen molar-refractivity contribution in [3.05, 3.63) is 0 Å². The lowest BCUT2D eigenvalue weighted by Gasteiger charge is -2.36. The van der Waals surface area contributed by atoms with Gasteiger partial charge in [-0.05, 0) is 25.3 Å². The highest BCUT2D eigenvalue weighted by atomic mass is 16.1. The Balaban J connectivity index is 2.05. The van der Waals surface area contributed by atoms with Crippen LogP contribution in [0.3, 0.4) is 0 Å². The van der Waals surface area contributed by atoms with Crippen LogP contribution < -0.4 is 0 Å². The minimum Gasteiger partial charge on any atom is -0.298 e. The van der Waals surface area contributed by atoms with Crippen LogP contribution in [0.2, 0.25) is 0 Å². The highest BCUT2D eigenvalue weighted by Crippen LogP contribution is 2.23. The third-order valence-corrected chi connectivity index (χ3v) is 2.52. The summed E-state index contributed by atoms with van der Waals surface area (Å²) in [5, 5.41) is 0. The minimum absolute atomic E-state index is 0.455. The van der Waals surface area contributed by atoms with Gasteiger partial charge in [-0.3, -0.25) is 9.69 Å². The van der Waals surface area contributed by atoms with Gasteiger partial charge >= 0.3 is 0 Å². The summed E-state index contributed by atoms with van der Waals surface area (Å²) in [7, 11) is 0. The fraction of sp³-hybridized carbons (Fsp3) is 0.875. The van der Waals surface area contributed by atoms with Crippen LogP contribution in [0.4, 0.5) is 0 Å². The molecule has 2 nitrogen and oxygen atoms in total. The zero-order valence-corrected chi connectivity index (χ0v) is 6.18. The van der Waals surface area contributed by atoms with Crippen molar-refractivity contribution in [2.75, 3.05) is 19.6 Å². The molecule has 0 aromatic carbocycles. The average Bonchev–Trinajstić information content (AvgIpc) is 1.85. The summed E-state index contributed by atoms with van der Waals surface area (Å²) in [5.74, 6) is 1.16. The molecular weight excluding hydrogens is 126 g/mol. The van der Waals surface area contributed by atoms with Crippen molar-refractivity contribution in [1.29, 1.82) is 0 Å². The standard InChI is InChI=1S/C8H13NO/c10-8-4-7-2-1-3-9(5-7)6-8/h7H,1-6H2/t7-/m1/s1. The quantitative estimate of drug-likeness (QED) is 0.491. The number of carbonyl (C=O) groups excluding carboxylic acids is 1. The Morgan fingerprint density at radius 3 is 3.20 bits per heavy atom. The minimum atomic E-state index is 0.455. The third kappa shape index (κ3) is 1.08. The van der Waals surface area contributed by atoms with Crippen molar-refractivity contribution in [1.82, 2.24) is 4.90 Å². The molecule has 10 heavy (non-hydrogen) atoms. The normalized spacial score (nSPS) is 39.8. The molecule has 0 aromatic rings. The predicted octanol–water partition coefficient (Wildman–Crippen LogP) is 0.671. The second-order valence-corrected chi connectivity index (χ2v) is 3.49. The maximum absolute atomic E-state index is 11.0. The number of piperidine rings is 2. The number of carbonyl (C=O) groups is 1. The van der Waals surface area contributed by atoms with Crippen molar-refractivity contribution in [2.24, 2.45) is 5.92 Å². The van der Waals surface area contributed by atoms with Crippen LogP contribution in [0.25, 0.3) is 0 Å². The zero-order valence-electron chi connectivity index (χ0n) is 6.18. The summed E-state index contributed by atoms with van der Waals surface area (Å²) in [6.07, 6.45) is 3.44. The van der Waals surface area contributed by atoms with E-state index in [4.69, 9.17) is 0 Å². The van der Waals surface area contributed by atoms with E-state index in [1.54, 1.807) is 0 Å². The highest BCUT2D eigenvalue weighted by molar-refractivity contribution is 5.81. The van der Waals surface area contributed by atoms with Gasteiger partial charge in [0.1, 0.15) is 5.78 Å². The van der Waals surface area contributed by atoms with Crippen LogP contribution in [0.15, 0.2) is 0 Å². The van der Waals surface area contributed by atoms with Crippen LogP contribution in [0.1, 0.15) is 19.3 Å². The number of rotatable bonds is 0. The van der Waals surface area contributed by atoms with Crippen LogP contribution >= 0.6 is 0 Å². The Morgan fingerprint density at radius 1 is 1.50 bits per heavy atom. The van der Waals surface area contributed by atoms with Crippen molar-refractivity contribution >= 4 is 5.78 Å². The topological polar surface area (TPSA) is 20.3 Å². The Hall–Kier alpha value is -0.370. The summed E-state index contributed by atoms with van der Waals surface area (Å²) < 4.78 is 0. The molecule has 2 bridgehead atoms. The molecule has 2 heterocycles. The highest BCUT2D eigenvalue weighted by Gasteiger charge is 2.28. The second-order valence-electron chi connectivity index (χ2n) is 3.49. The fourth-order valence-corrected chi connectivity index (χ4v) is 2.10. The maximum atomic E-state index is 11.0.